The summed E-state index contributed by atoms with van der Waals surface area (Å²) >= 11 is 0. The van der Waals surface area contributed by atoms with E-state index in [0.29, 0.717) is 6.42 Å². The van der Waals surface area contributed by atoms with Gasteiger partial charge < -0.3 is 21.1 Å². The highest BCUT2D eigenvalue weighted by Crippen LogP contribution is 2.46. The largest absolute Gasteiger partial charge is 0.390 e. The molecule has 2 atom stereocenters. The molecule has 44 heavy (non-hydrogen) atoms. The van der Waals surface area contributed by atoms with Gasteiger partial charge in [-0.05, 0) is 83.7 Å². The van der Waals surface area contributed by atoms with E-state index in [4.69, 9.17) is 0 Å². The lowest BCUT2D eigenvalue weighted by molar-refractivity contribution is -0.123. The molecule has 6 nitrogen and oxygen atoms in total. The van der Waals surface area contributed by atoms with Gasteiger partial charge in [-0.1, -0.05) is 87.5 Å². The number of rotatable bonds is 12. The molecular weight excluding hydrogens is 551 g/mol. The molecule has 1 heterocycles. The summed E-state index contributed by atoms with van der Waals surface area (Å²) in [5, 5.41) is 20.9. The average molecular weight is 595 g/mol. The molecule has 1 aliphatic rings. The van der Waals surface area contributed by atoms with E-state index in [1.165, 1.54) is 11.1 Å². The van der Waals surface area contributed by atoms with Crippen molar-refractivity contribution < 1.29 is 14.3 Å². The van der Waals surface area contributed by atoms with E-state index in [-0.39, 0.29) is 17.5 Å². The maximum Gasteiger partial charge on any atom is 0.251 e. The Balaban J connectivity index is 1.24. The molecule has 0 aliphatic heterocycles. The van der Waals surface area contributed by atoms with Gasteiger partial charge in [0.05, 0.1) is 12.1 Å². The minimum atomic E-state index is -1.13. The number of aromatic nitrogens is 1. The van der Waals surface area contributed by atoms with E-state index >= 15 is 0 Å². The third-order valence-corrected chi connectivity index (χ3v) is 8.36. The number of nitrogens with one attached hydrogen (secondary N) is 3. The number of anilines is 2. The zero-order chi connectivity index (χ0) is 31.3. The quantitative estimate of drug-likeness (QED) is 0.146. The third kappa shape index (κ3) is 7.90. The molecule has 4 aromatic rings. The highest BCUT2D eigenvalue weighted by atomic mass is 19.1. The van der Waals surface area contributed by atoms with Crippen LogP contribution in [0.4, 0.5) is 15.9 Å². The monoisotopic (exact) mass is 594 g/mol. The van der Waals surface area contributed by atoms with Crippen LogP contribution in [0.2, 0.25) is 0 Å². The van der Waals surface area contributed by atoms with Gasteiger partial charge in [0.1, 0.15) is 5.82 Å². The number of benzene rings is 3. The molecule has 4 N–H and O–H groups in total. The second kappa shape index (κ2) is 13.3. The molecule has 0 spiro atoms. The normalized spacial score (nSPS) is 15.3. The summed E-state index contributed by atoms with van der Waals surface area (Å²) in [5.74, 6) is 0.0133. The van der Waals surface area contributed by atoms with Crippen LogP contribution in [-0.4, -0.2) is 41.4 Å². The minimum absolute atomic E-state index is 0.0417. The first-order chi connectivity index (χ1) is 21.0. The van der Waals surface area contributed by atoms with E-state index in [0.717, 1.165) is 46.7 Å². The topological polar surface area (TPSA) is 86.3 Å². The van der Waals surface area contributed by atoms with Crippen molar-refractivity contribution in [1.82, 2.24) is 15.6 Å². The van der Waals surface area contributed by atoms with Crippen LogP contribution < -0.4 is 16.0 Å². The average Bonchev–Trinajstić information content (AvgIpc) is 3.81. The fraction of sp³-hybridized carbons (Fsp3) is 0.351. The van der Waals surface area contributed by atoms with Crippen molar-refractivity contribution in [3.63, 3.8) is 0 Å². The first-order valence-electron chi connectivity index (χ1n) is 15.3. The number of aliphatic hydroxyl groups excluding tert-OH is 1. The number of alkyl halides is 1. The summed E-state index contributed by atoms with van der Waals surface area (Å²) < 4.78 is 13.2. The minimum Gasteiger partial charge on any atom is -0.390 e. The zero-order valence-electron chi connectivity index (χ0n) is 26.0. The van der Waals surface area contributed by atoms with E-state index < -0.39 is 24.7 Å². The highest BCUT2D eigenvalue weighted by Gasteiger charge is 2.44. The number of carbonyl (C=O) groups is 1. The van der Waals surface area contributed by atoms with Crippen molar-refractivity contribution in [2.75, 3.05) is 18.5 Å². The van der Waals surface area contributed by atoms with Crippen LogP contribution in [0.1, 0.15) is 56.0 Å². The second-order valence-corrected chi connectivity index (χ2v) is 12.9. The van der Waals surface area contributed by atoms with Gasteiger partial charge in [-0.2, -0.15) is 0 Å². The summed E-state index contributed by atoms with van der Waals surface area (Å²) in [6.45, 7) is 7.72. The molecular formula is C37H43FN4O2. The van der Waals surface area contributed by atoms with Gasteiger partial charge in [0, 0.05) is 23.5 Å². The van der Waals surface area contributed by atoms with Gasteiger partial charge in [0.25, 0.3) is 5.91 Å². The molecule has 1 fully saturated rings. The van der Waals surface area contributed by atoms with Crippen LogP contribution in [0, 0.1) is 6.92 Å². The molecule has 230 valence electrons. The molecule has 1 saturated carbocycles. The molecule has 1 aliphatic carbocycles. The molecule has 1 amide bonds. The highest BCUT2D eigenvalue weighted by molar-refractivity contribution is 5.77. The molecule has 0 radical (unpaired) electrons. The van der Waals surface area contributed by atoms with E-state index in [1.807, 2.05) is 55.5 Å². The van der Waals surface area contributed by atoms with Gasteiger partial charge in [-0.25, -0.2) is 9.37 Å². The van der Waals surface area contributed by atoms with E-state index in [2.05, 4.69) is 84.2 Å². The molecule has 1 aromatic heterocycles. The number of pyridine rings is 1. The van der Waals surface area contributed by atoms with E-state index in [1.54, 1.807) is 0 Å². The summed E-state index contributed by atoms with van der Waals surface area (Å²) in [6, 6.07) is 30.0. The van der Waals surface area contributed by atoms with Crippen LogP contribution in [-0.2, 0) is 22.2 Å². The number of hydrogen-bond donors (Lipinski definition) is 4. The predicted octanol–water partition coefficient (Wildman–Crippen LogP) is 6.73. The Morgan fingerprint density at radius 3 is 2.34 bits per heavy atom. The van der Waals surface area contributed by atoms with Crippen LogP contribution in [0.5, 0.6) is 0 Å². The number of hydrogen-bond acceptors (Lipinski definition) is 5. The SMILES string of the molecule is Cc1cc(-c2ccccc2)cc(Nc2ccc(C[C@H](NC(=O)CF)[C@@H](O)CNC3(c4cccc(C(C)(C)C)c4)CC3)cc2)n1. The van der Waals surface area contributed by atoms with Gasteiger partial charge in [0.2, 0.25) is 0 Å². The van der Waals surface area contributed by atoms with Crippen molar-refractivity contribution in [2.24, 2.45) is 0 Å². The van der Waals surface area contributed by atoms with Gasteiger partial charge in [0.15, 0.2) is 6.67 Å². The van der Waals surface area contributed by atoms with Crippen molar-refractivity contribution in [1.29, 1.82) is 0 Å². The van der Waals surface area contributed by atoms with Crippen molar-refractivity contribution >= 4 is 17.4 Å². The molecule has 0 unspecified atom stereocenters. The molecule has 3 aromatic carbocycles. The smallest absolute Gasteiger partial charge is 0.251 e. The third-order valence-electron chi connectivity index (χ3n) is 8.36. The van der Waals surface area contributed by atoms with Crippen molar-refractivity contribution in [3.8, 4) is 11.1 Å². The van der Waals surface area contributed by atoms with Crippen molar-refractivity contribution in [3.05, 3.63) is 113 Å². The Morgan fingerprint density at radius 2 is 1.68 bits per heavy atom. The number of amides is 1. The molecule has 0 bridgehead atoms. The number of aryl methyl sites for hydroxylation is 1. The Labute approximate surface area is 260 Å². The fourth-order valence-electron chi connectivity index (χ4n) is 5.60. The van der Waals surface area contributed by atoms with Crippen molar-refractivity contribution in [2.45, 2.75) is 70.1 Å². The summed E-state index contributed by atoms with van der Waals surface area (Å²) in [7, 11) is 0. The Morgan fingerprint density at radius 1 is 0.955 bits per heavy atom. The second-order valence-electron chi connectivity index (χ2n) is 12.9. The Bertz CT molecular complexity index is 1560. The molecule has 0 saturated heterocycles. The Hall–Kier alpha value is -4.07. The van der Waals surface area contributed by atoms with E-state index in [9.17, 15) is 14.3 Å². The number of halogens is 1. The van der Waals surface area contributed by atoms with Crippen LogP contribution in [0.25, 0.3) is 11.1 Å². The maximum absolute atomic E-state index is 13.2. The first kappa shape index (κ1) is 31.4. The van der Waals surface area contributed by atoms with Crippen LogP contribution >= 0.6 is 0 Å². The lowest BCUT2D eigenvalue weighted by Gasteiger charge is -2.28. The first-order valence-corrected chi connectivity index (χ1v) is 15.3. The Kier molecular flexibility index (Phi) is 9.47. The van der Waals surface area contributed by atoms with Gasteiger partial charge in [-0.3, -0.25) is 4.79 Å². The molecule has 5 rings (SSSR count). The van der Waals surface area contributed by atoms with Gasteiger partial charge in [-0.15, -0.1) is 0 Å². The summed E-state index contributed by atoms with van der Waals surface area (Å²) in [5.41, 5.74) is 7.24. The lowest BCUT2D eigenvalue weighted by Crippen LogP contribution is -2.50. The summed E-state index contributed by atoms with van der Waals surface area (Å²) in [6.07, 6.45) is 1.42. The maximum atomic E-state index is 13.2. The van der Waals surface area contributed by atoms with Crippen LogP contribution in [0.15, 0.2) is 91.0 Å². The number of nitrogens with zero attached hydrogens (tertiary/aromatic N) is 1. The predicted molar refractivity (Wildman–Crippen MR) is 176 cm³/mol. The summed E-state index contributed by atoms with van der Waals surface area (Å²) in [4.78, 5) is 16.7. The zero-order valence-corrected chi connectivity index (χ0v) is 26.0. The number of aliphatic hydroxyl groups is 1. The number of carbonyl (C=O) groups excluding carboxylic acids is 1. The fourth-order valence-corrected chi connectivity index (χ4v) is 5.60. The molecule has 7 heteroatoms. The lowest BCUT2D eigenvalue weighted by atomic mass is 9.85. The van der Waals surface area contributed by atoms with Crippen LogP contribution in [0.3, 0.4) is 0 Å². The van der Waals surface area contributed by atoms with Gasteiger partial charge >= 0.3 is 0 Å². The standard InChI is InChI=1S/C37H43FN4O2/c1-25-19-28(27-9-6-5-7-10-27)21-34(40-25)41-31-15-13-26(14-16-31)20-32(42-35(44)23-38)33(43)24-39-37(17-18-37)30-12-8-11-29(22-30)36(2,3)4/h5-16,19,21-22,32-33,39,43H,17-18,20,23-24H2,1-4H3,(H,40,41)(H,42,44)/t32-,33-/m0/s1.